The number of carbonyl (C=O) groups excluding carboxylic acids is 1. The fraction of sp³-hybridized carbons (Fsp3) is 0.214. The lowest BCUT2D eigenvalue weighted by Crippen LogP contribution is -2.43. The number of primary amides is 1. The number of aromatic nitrogens is 1. The first-order valence-corrected chi connectivity index (χ1v) is 8.08. The molecule has 2 rings (SSSR count). The number of hydrogen-bond donors (Lipinski definition) is 3. The van der Waals surface area contributed by atoms with Crippen molar-refractivity contribution < 1.29 is 23.1 Å². The molecule has 0 unspecified atom stereocenters. The Morgan fingerprint density at radius 1 is 1.35 bits per heavy atom. The Labute approximate surface area is 132 Å². The molecule has 122 valence electrons. The number of sulfonamides is 1. The van der Waals surface area contributed by atoms with Gasteiger partial charge >= 0.3 is 5.97 Å². The monoisotopic (exact) mass is 337 g/mol. The minimum absolute atomic E-state index is 0.0705. The van der Waals surface area contributed by atoms with Gasteiger partial charge in [-0.2, -0.15) is 4.72 Å². The van der Waals surface area contributed by atoms with Crippen LogP contribution in [0.3, 0.4) is 0 Å². The molecule has 0 fully saturated rings. The summed E-state index contributed by atoms with van der Waals surface area (Å²) < 4.78 is 27.2. The molecule has 8 nitrogen and oxygen atoms in total. The number of nitrogens with zero attached hydrogens (tertiary/aromatic N) is 1. The van der Waals surface area contributed by atoms with Crippen LogP contribution in [0.25, 0.3) is 10.9 Å². The van der Waals surface area contributed by atoms with E-state index < -0.39 is 34.4 Å². The highest BCUT2D eigenvalue weighted by Crippen LogP contribution is 2.25. The molecule has 0 bridgehead atoms. The minimum atomic E-state index is -4.19. The number of rotatable bonds is 6. The van der Waals surface area contributed by atoms with Crippen LogP contribution in [0.1, 0.15) is 12.0 Å². The molecule has 23 heavy (non-hydrogen) atoms. The van der Waals surface area contributed by atoms with Crippen LogP contribution in [0, 0.1) is 6.92 Å². The normalized spacial score (nSPS) is 12.9. The summed E-state index contributed by atoms with van der Waals surface area (Å²) in [6, 6.07) is 4.77. The number of aryl methyl sites for hydroxylation is 1. The van der Waals surface area contributed by atoms with E-state index in [1.54, 1.807) is 31.2 Å². The first kappa shape index (κ1) is 16.8. The number of aliphatic carboxylic acids is 1. The van der Waals surface area contributed by atoms with Gasteiger partial charge in [-0.3, -0.25) is 14.6 Å². The van der Waals surface area contributed by atoms with E-state index in [4.69, 9.17) is 10.8 Å². The van der Waals surface area contributed by atoms with Crippen molar-refractivity contribution >= 4 is 32.8 Å². The van der Waals surface area contributed by atoms with Gasteiger partial charge in [-0.15, -0.1) is 0 Å². The van der Waals surface area contributed by atoms with Gasteiger partial charge in [0.2, 0.25) is 15.9 Å². The van der Waals surface area contributed by atoms with E-state index in [0.29, 0.717) is 16.5 Å². The van der Waals surface area contributed by atoms with Crippen LogP contribution in [-0.4, -0.2) is 36.4 Å². The van der Waals surface area contributed by atoms with Crippen molar-refractivity contribution in [3.8, 4) is 0 Å². The molecule has 1 atom stereocenters. The molecule has 2 aromatic rings. The first-order chi connectivity index (χ1) is 10.7. The molecule has 1 aromatic heterocycles. The number of carboxylic acid groups (broad SMARTS) is 1. The second kappa shape index (κ2) is 6.31. The smallest absolute Gasteiger partial charge is 0.322 e. The molecule has 0 saturated heterocycles. The highest BCUT2D eigenvalue weighted by molar-refractivity contribution is 7.89. The highest BCUT2D eigenvalue weighted by Gasteiger charge is 2.29. The van der Waals surface area contributed by atoms with Crippen molar-refractivity contribution in [1.82, 2.24) is 9.71 Å². The summed E-state index contributed by atoms with van der Waals surface area (Å²) in [6.07, 6.45) is 0.880. The largest absolute Gasteiger partial charge is 0.480 e. The number of amides is 1. The predicted octanol–water partition coefficient (Wildman–Crippen LogP) is 0.150. The van der Waals surface area contributed by atoms with Gasteiger partial charge in [0.15, 0.2) is 0 Å². The third-order valence-electron chi connectivity index (χ3n) is 3.20. The number of pyridine rings is 1. The van der Waals surface area contributed by atoms with Crippen LogP contribution in [0.15, 0.2) is 35.4 Å². The van der Waals surface area contributed by atoms with Crippen molar-refractivity contribution in [1.29, 1.82) is 0 Å². The van der Waals surface area contributed by atoms with Crippen molar-refractivity contribution in [2.24, 2.45) is 5.73 Å². The average molecular weight is 337 g/mol. The number of carbonyl (C=O) groups is 2. The lowest BCUT2D eigenvalue weighted by molar-refractivity contribution is -0.140. The van der Waals surface area contributed by atoms with Crippen LogP contribution in [0.2, 0.25) is 0 Å². The number of nitrogens with one attached hydrogen (secondary N) is 1. The summed E-state index contributed by atoms with van der Waals surface area (Å²) in [6.45, 7) is 1.59. The van der Waals surface area contributed by atoms with Gasteiger partial charge in [0.1, 0.15) is 6.04 Å². The zero-order chi connectivity index (χ0) is 17.2. The third kappa shape index (κ3) is 3.63. The van der Waals surface area contributed by atoms with Gasteiger partial charge < -0.3 is 10.8 Å². The number of hydrogen-bond acceptors (Lipinski definition) is 5. The number of benzene rings is 1. The Bertz CT molecular complexity index is 879. The lowest BCUT2D eigenvalue weighted by atomic mass is 10.1. The fourth-order valence-corrected chi connectivity index (χ4v) is 3.85. The Hall–Kier alpha value is -2.52. The molecular weight excluding hydrogens is 322 g/mol. The molecule has 1 aromatic carbocycles. The SMILES string of the molecule is Cc1ccc2ncccc2c1S(=O)(=O)N[C@@H](CC(N)=O)C(=O)O. The van der Waals surface area contributed by atoms with Gasteiger partial charge in [0, 0.05) is 11.6 Å². The predicted molar refractivity (Wildman–Crippen MR) is 82.0 cm³/mol. The summed E-state index contributed by atoms with van der Waals surface area (Å²) in [7, 11) is -4.19. The molecule has 0 aliphatic carbocycles. The van der Waals surface area contributed by atoms with Crippen molar-refractivity contribution in [2.45, 2.75) is 24.3 Å². The Morgan fingerprint density at radius 2 is 2.04 bits per heavy atom. The topological polar surface area (TPSA) is 139 Å². The maximum atomic E-state index is 12.6. The standard InChI is InChI=1S/C14H15N3O5S/c1-8-4-5-10-9(3-2-6-16-10)13(8)23(21,22)17-11(14(19)20)7-12(15)18/h2-6,11,17H,7H2,1H3,(H2,15,18)(H,19,20)/t11-/m0/s1. The molecule has 0 radical (unpaired) electrons. The maximum Gasteiger partial charge on any atom is 0.322 e. The van der Waals surface area contributed by atoms with E-state index in [0.717, 1.165) is 0 Å². The minimum Gasteiger partial charge on any atom is -0.480 e. The van der Waals surface area contributed by atoms with Crippen molar-refractivity contribution in [2.75, 3.05) is 0 Å². The molecule has 0 spiro atoms. The van der Waals surface area contributed by atoms with Gasteiger partial charge in [-0.1, -0.05) is 6.07 Å². The van der Waals surface area contributed by atoms with E-state index >= 15 is 0 Å². The van der Waals surface area contributed by atoms with Crippen LogP contribution in [-0.2, 0) is 19.6 Å². The van der Waals surface area contributed by atoms with E-state index in [-0.39, 0.29) is 4.90 Å². The second-order valence-corrected chi connectivity index (χ2v) is 6.62. The summed E-state index contributed by atoms with van der Waals surface area (Å²) in [5, 5.41) is 9.43. The first-order valence-electron chi connectivity index (χ1n) is 6.60. The van der Waals surface area contributed by atoms with E-state index in [1.807, 2.05) is 4.72 Å². The second-order valence-electron chi connectivity index (χ2n) is 4.96. The quantitative estimate of drug-likeness (QED) is 0.685. The summed E-state index contributed by atoms with van der Waals surface area (Å²) in [5.41, 5.74) is 5.85. The zero-order valence-corrected chi connectivity index (χ0v) is 13.0. The fourth-order valence-electron chi connectivity index (χ4n) is 2.22. The number of nitrogens with two attached hydrogens (primary N) is 1. The van der Waals surface area contributed by atoms with Crippen molar-refractivity contribution in [3.05, 3.63) is 36.0 Å². The Balaban J connectivity index is 2.53. The zero-order valence-electron chi connectivity index (χ0n) is 12.2. The van der Waals surface area contributed by atoms with Crippen LogP contribution in [0.5, 0.6) is 0 Å². The molecule has 4 N–H and O–H groups in total. The van der Waals surface area contributed by atoms with Crippen LogP contribution in [0.4, 0.5) is 0 Å². The molecular formula is C14H15N3O5S. The Kier molecular flexibility index (Phi) is 4.62. The van der Waals surface area contributed by atoms with Crippen LogP contribution < -0.4 is 10.5 Å². The Morgan fingerprint density at radius 3 is 2.65 bits per heavy atom. The molecule has 0 aliphatic rings. The highest BCUT2D eigenvalue weighted by atomic mass is 32.2. The van der Waals surface area contributed by atoms with Gasteiger partial charge in [-0.25, -0.2) is 8.42 Å². The average Bonchev–Trinajstić information content (AvgIpc) is 2.45. The van der Waals surface area contributed by atoms with Crippen molar-refractivity contribution in [3.63, 3.8) is 0 Å². The lowest BCUT2D eigenvalue weighted by Gasteiger charge is -2.16. The molecule has 0 aliphatic heterocycles. The third-order valence-corrected chi connectivity index (χ3v) is 4.88. The summed E-state index contributed by atoms with van der Waals surface area (Å²) in [5.74, 6) is -2.40. The molecule has 0 saturated carbocycles. The van der Waals surface area contributed by atoms with Gasteiger partial charge in [-0.05, 0) is 30.7 Å². The number of fused-ring (bicyclic) bond motifs is 1. The van der Waals surface area contributed by atoms with E-state index in [2.05, 4.69) is 4.98 Å². The van der Waals surface area contributed by atoms with Gasteiger partial charge in [0.05, 0.1) is 16.8 Å². The van der Waals surface area contributed by atoms with Crippen LogP contribution >= 0.6 is 0 Å². The van der Waals surface area contributed by atoms with E-state index in [9.17, 15) is 18.0 Å². The molecule has 1 amide bonds. The molecule has 9 heteroatoms. The van der Waals surface area contributed by atoms with Gasteiger partial charge in [0.25, 0.3) is 0 Å². The summed E-state index contributed by atoms with van der Waals surface area (Å²) >= 11 is 0. The number of carboxylic acids is 1. The molecule has 1 heterocycles. The maximum absolute atomic E-state index is 12.6. The van der Waals surface area contributed by atoms with E-state index in [1.165, 1.54) is 6.20 Å². The summed E-state index contributed by atoms with van der Waals surface area (Å²) in [4.78, 5) is 26.1.